The van der Waals surface area contributed by atoms with Crippen LogP contribution in [0.25, 0.3) is 39.7 Å². The quantitative estimate of drug-likeness (QED) is 0.136. The van der Waals surface area contributed by atoms with Crippen LogP contribution in [0, 0.1) is 0 Å². The minimum Gasteiger partial charge on any atom is -0.287 e. The molecule has 14 heterocycles. The molecule has 0 amide bonds. The van der Waals surface area contributed by atoms with Crippen LogP contribution in [0.2, 0.25) is 0 Å². The third-order valence-electron chi connectivity index (χ3n) is 13.3. The van der Waals surface area contributed by atoms with E-state index in [-0.39, 0.29) is 37.9 Å². The molecular formula is C63H84N28. The first kappa shape index (κ1) is 66.8. The Kier molecular flexibility index (Phi) is 19.5. The summed E-state index contributed by atoms with van der Waals surface area (Å²) in [4.78, 5) is 29.4. The molecule has 0 fully saturated rings. The molecular weight excluding hydrogens is 1150 g/mol. The molecule has 14 aromatic heterocycles. The van der Waals surface area contributed by atoms with Crippen molar-refractivity contribution >= 4 is 39.7 Å². The molecule has 0 saturated carbocycles. The van der Waals surface area contributed by atoms with Crippen molar-refractivity contribution in [3.63, 3.8) is 0 Å². The fourth-order valence-electron chi connectivity index (χ4n) is 8.35. The third-order valence-corrected chi connectivity index (χ3v) is 13.3. The molecule has 0 N–H and O–H groups in total. The third kappa shape index (κ3) is 17.0. The zero-order valence-electron chi connectivity index (χ0n) is 56.1. The Morgan fingerprint density at radius 3 is 1.54 bits per heavy atom. The molecule has 0 unspecified atom stereocenters. The van der Waals surface area contributed by atoms with Gasteiger partial charge in [0.15, 0.2) is 39.7 Å². The van der Waals surface area contributed by atoms with Crippen LogP contribution < -0.4 is 0 Å². The highest BCUT2D eigenvalue weighted by Gasteiger charge is 2.25. The van der Waals surface area contributed by atoms with Gasteiger partial charge in [0.2, 0.25) is 0 Å². The second-order valence-corrected chi connectivity index (χ2v) is 28.6. The van der Waals surface area contributed by atoms with Crippen LogP contribution >= 0.6 is 0 Å². The van der Waals surface area contributed by atoms with Gasteiger partial charge >= 0.3 is 0 Å². The van der Waals surface area contributed by atoms with Crippen molar-refractivity contribution in [1.82, 2.24) is 138 Å². The lowest BCUT2D eigenvalue weighted by atomic mass is 9.93. The summed E-state index contributed by atoms with van der Waals surface area (Å²) in [6.45, 7) is 44.4. The maximum Gasteiger partial charge on any atom is 0.254 e. The molecule has 28 nitrogen and oxygen atoms in total. The fourth-order valence-corrected chi connectivity index (χ4v) is 8.35. The molecule has 14 rings (SSSR count). The Bertz CT molecular complexity index is 3960. The van der Waals surface area contributed by atoms with E-state index in [1.165, 1.54) is 6.33 Å². The van der Waals surface area contributed by atoms with E-state index >= 15 is 0 Å². The second kappa shape index (κ2) is 26.5. The van der Waals surface area contributed by atoms with Gasteiger partial charge < -0.3 is 0 Å². The first-order valence-corrected chi connectivity index (χ1v) is 29.7. The predicted molar refractivity (Wildman–Crippen MR) is 346 cm³/mol. The van der Waals surface area contributed by atoms with E-state index in [1.807, 2.05) is 78.9 Å². The summed E-state index contributed by atoms with van der Waals surface area (Å²) < 4.78 is 12.9. The minimum atomic E-state index is -0.0201. The molecule has 0 aliphatic heterocycles. The highest BCUT2D eigenvalue weighted by molar-refractivity contribution is 5.40. The molecule has 91 heavy (non-hydrogen) atoms. The SMILES string of the molecule is CC(C)(C)c1cn2cnncc2n1.CC(C)(C)c1cn2ncncc2n1.CC(C)(C)c1cn2nnccc2n1.CC(C)(C)c1nnc2cccnn12.CC(C)(C)c1nnc2ccncn12.CC(C)(C)c1nnc2cnccn12.CC(C)(C)c1nnc2ncccn12. The van der Waals surface area contributed by atoms with Crippen molar-refractivity contribution in [2.75, 3.05) is 0 Å². The zero-order chi connectivity index (χ0) is 66.3. The highest BCUT2D eigenvalue weighted by Crippen LogP contribution is 2.25. The smallest absolute Gasteiger partial charge is 0.254 e. The lowest BCUT2D eigenvalue weighted by molar-refractivity contribution is 0.526. The predicted octanol–water partition coefficient (Wildman–Crippen LogP) is 9.95. The summed E-state index contributed by atoms with van der Waals surface area (Å²) >= 11 is 0. The van der Waals surface area contributed by atoms with E-state index in [0.717, 1.165) is 74.3 Å². The lowest BCUT2D eigenvalue weighted by Gasteiger charge is -2.14. The largest absolute Gasteiger partial charge is 0.287 e. The Labute approximate surface area is 528 Å². The first-order chi connectivity index (χ1) is 42.6. The summed E-state index contributed by atoms with van der Waals surface area (Å²) in [6.07, 6.45) is 28.2. The van der Waals surface area contributed by atoms with Crippen LogP contribution in [-0.4, -0.2) is 138 Å². The maximum absolute atomic E-state index is 4.44. The Morgan fingerprint density at radius 2 is 0.901 bits per heavy atom. The number of hydrogen-bond donors (Lipinski definition) is 0. The Balaban J connectivity index is 0.000000137. The summed E-state index contributed by atoms with van der Waals surface area (Å²) in [6, 6.07) is 9.34. The molecule has 476 valence electrons. The van der Waals surface area contributed by atoms with E-state index in [0.29, 0.717) is 5.78 Å². The van der Waals surface area contributed by atoms with Gasteiger partial charge in [-0.15, -0.1) is 51.0 Å². The topological polar surface area (TPSA) is 302 Å². The Morgan fingerprint density at radius 1 is 0.341 bits per heavy atom. The first-order valence-electron chi connectivity index (χ1n) is 29.7. The van der Waals surface area contributed by atoms with Crippen molar-refractivity contribution < 1.29 is 0 Å². The summed E-state index contributed by atoms with van der Waals surface area (Å²) in [7, 11) is 0. The van der Waals surface area contributed by atoms with E-state index in [9.17, 15) is 0 Å². The molecule has 0 bridgehead atoms. The molecule has 0 aromatic carbocycles. The summed E-state index contributed by atoms with van der Waals surface area (Å²) in [5.41, 5.74) is 8.27. The van der Waals surface area contributed by atoms with Crippen LogP contribution in [0.15, 0.2) is 130 Å². The van der Waals surface area contributed by atoms with Gasteiger partial charge in [0.1, 0.15) is 36.5 Å². The van der Waals surface area contributed by atoms with Crippen molar-refractivity contribution in [3.8, 4) is 0 Å². The van der Waals surface area contributed by atoms with Crippen molar-refractivity contribution in [2.24, 2.45) is 0 Å². The van der Waals surface area contributed by atoms with Crippen LogP contribution in [0.5, 0.6) is 0 Å². The number of rotatable bonds is 0. The van der Waals surface area contributed by atoms with Gasteiger partial charge in [-0.2, -0.15) is 19.8 Å². The normalized spacial score (nSPS) is 12.2. The molecule has 14 aromatic rings. The van der Waals surface area contributed by atoms with Gasteiger partial charge in [-0.25, -0.2) is 38.9 Å². The van der Waals surface area contributed by atoms with Gasteiger partial charge in [0.25, 0.3) is 5.78 Å². The van der Waals surface area contributed by atoms with Gasteiger partial charge in [-0.05, 0) is 18.2 Å². The van der Waals surface area contributed by atoms with E-state index < -0.39 is 0 Å². The number of hydrogen-bond acceptors (Lipinski definition) is 21. The fraction of sp³-hybridized carbons (Fsp3) is 0.444. The van der Waals surface area contributed by atoms with Crippen molar-refractivity contribution in [2.45, 2.75) is 183 Å². The van der Waals surface area contributed by atoms with E-state index in [4.69, 9.17) is 0 Å². The second-order valence-electron chi connectivity index (χ2n) is 28.6. The molecule has 0 radical (unpaired) electrons. The van der Waals surface area contributed by atoms with Gasteiger partial charge in [0.05, 0.1) is 54.3 Å². The zero-order valence-corrected chi connectivity index (χ0v) is 56.1. The highest BCUT2D eigenvalue weighted by atomic mass is 15.4. The molecule has 0 aliphatic rings. The summed E-state index contributed by atoms with van der Waals surface area (Å²) in [5, 5.41) is 56.1. The monoisotopic (exact) mass is 1230 g/mol. The van der Waals surface area contributed by atoms with Crippen molar-refractivity contribution in [3.05, 3.63) is 170 Å². The molecule has 28 heteroatoms. The van der Waals surface area contributed by atoms with Crippen LogP contribution in [0.3, 0.4) is 0 Å². The molecule has 0 spiro atoms. The maximum atomic E-state index is 4.44. The number of fused-ring (bicyclic) bond motifs is 7. The summed E-state index contributed by atoms with van der Waals surface area (Å²) in [5.74, 6) is 4.40. The Hall–Kier alpha value is -10.2. The van der Waals surface area contributed by atoms with Gasteiger partial charge in [0, 0.05) is 93.4 Å². The average molecular weight is 1230 g/mol. The molecule has 0 atom stereocenters. The van der Waals surface area contributed by atoms with Crippen molar-refractivity contribution in [1.29, 1.82) is 0 Å². The van der Waals surface area contributed by atoms with Crippen LogP contribution in [0.4, 0.5) is 0 Å². The van der Waals surface area contributed by atoms with Gasteiger partial charge in [-0.3, -0.25) is 22.6 Å². The van der Waals surface area contributed by atoms with Crippen LogP contribution in [-0.2, 0) is 37.9 Å². The number of imidazole rings is 3. The number of aromatic nitrogens is 28. The minimum absolute atomic E-state index is 0.00243. The standard InChI is InChI=1S/7C9H12N4/c1-9(2,3)7-5-13-6-11-10-4-8(13)12-7;1-9(2,3)7-5-13-8(12-7)4-10-6-11-13;1-9(2,3)8-12-11-7-6-10-4-5-13(7)8;1-9(2,3)7-6-13-8(11-7)4-5-10-12-13;1-9(2,3)8-12-11-7-4-5-10-6-13(7)8;1-9(2,3)7-11-12-8-10-5-4-6-13(7)8;1-9(2,3)8-12-11-7-5-4-6-10-13(7)8/h7*4-6H,1-3H3. The van der Waals surface area contributed by atoms with E-state index in [1.54, 1.807) is 75.8 Å². The molecule has 0 saturated heterocycles. The number of nitrogens with zero attached hydrogens (tertiary/aromatic N) is 28. The van der Waals surface area contributed by atoms with Crippen LogP contribution in [0.1, 0.15) is 186 Å². The van der Waals surface area contributed by atoms with Gasteiger partial charge in [-0.1, -0.05) is 151 Å². The van der Waals surface area contributed by atoms with E-state index in [2.05, 4.69) is 252 Å². The average Bonchev–Trinajstić information content (AvgIpc) is 1.97. The molecule has 0 aliphatic carbocycles. The lowest BCUT2D eigenvalue weighted by Crippen LogP contribution is -2.16.